The standard InChI is InChI=1S/C16H20O2/c17-16-10-6-2-5-9-15(11-16)13-18-12-14-7-3-1-4-8-14/h1-5,7-8,15H,6,9-13H2/b5-2-. The molecule has 0 aromatic heterocycles. The Labute approximate surface area is 109 Å². The second-order valence-electron chi connectivity index (χ2n) is 4.86. The van der Waals surface area contributed by atoms with Crippen LogP contribution < -0.4 is 0 Å². The number of carbonyl (C=O) groups is 1. The number of ketones is 1. The van der Waals surface area contributed by atoms with E-state index in [1.165, 1.54) is 5.56 Å². The van der Waals surface area contributed by atoms with E-state index in [9.17, 15) is 4.79 Å². The molecule has 0 spiro atoms. The van der Waals surface area contributed by atoms with E-state index in [2.05, 4.69) is 24.3 Å². The summed E-state index contributed by atoms with van der Waals surface area (Å²) >= 11 is 0. The molecule has 2 nitrogen and oxygen atoms in total. The van der Waals surface area contributed by atoms with Crippen LogP contribution in [0.5, 0.6) is 0 Å². The average molecular weight is 244 g/mol. The molecule has 96 valence electrons. The maximum atomic E-state index is 11.6. The highest BCUT2D eigenvalue weighted by Crippen LogP contribution is 2.17. The first-order valence-electron chi connectivity index (χ1n) is 6.63. The van der Waals surface area contributed by atoms with E-state index < -0.39 is 0 Å². The number of rotatable bonds is 4. The van der Waals surface area contributed by atoms with Gasteiger partial charge in [-0.15, -0.1) is 0 Å². The van der Waals surface area contributed by atoms with Crippen LogP contribution in [0.15, 0.2) is 42.5 Å². The Balaban J connectivity index is 1.76. The van der Waals surface area contributed by atoms with Crippen LogP contribution in [0.3, 0.4) is 0 Å². The van der Waals surface area contributed by atoms with Gasteiger partial charge in [0.05, 0.1) is 13.2 Å². The molecule has 1 aliphatic carbocycles. The molecule has 1 aromatic rings. The number of hydrogen-bond donors (Lipinski definition) is 0. The zero-order valence-electron chi connectivity index (χ0n) is 10.7. The zero-order chi connectivity index (χ0) is 12.6. The lowest BCUT2D eigenvalue weighted by molar-refractivity contribution is -0.120. The molecule has 18 heavy (non-hydrogen) atoms. The molecular formula is C16H20O2. The molecule has 0 saturated heterocycles. The van der Waals surface area contributed by atoms with Crippen LogP contribution in [0.1, 0.15) is 31.2 Å². The quantitative estimate of drug-likeness (QED) is 0.757. The Morgan fingerprint density at radius 1 is 1.17 bits per heavy atom. The lowest BCUT2D eigenvalue weighted by Crippen LogP contribution is -2.15. The minimum absolute atomic E-state index is 0.345. The zero-order valence-corrected chi connectivity index (χ0v) is 10.7. The Bertz CT molecular complexity index is 395. The second kappa shape index (κ2) is 7.12. The highest BCUT2D eigenvalue weighted by molar-refractivity contribution is 5.78. The van der Waals surface area contributed by atoms with Crippen LogP contribution in [0.2, 0.25) is 0 Å². The molecule has 0 aliphatic heterocycles. The van der Waals surface area contributed by atoms with Crippen molar-refractivity contribution in [3.8, 4) is 0 Å². The molecule has 0 fully saturated rings. The summed E-state index contributed by atoms with van der Waals surface area (Å²) in [5.41, 5.74) is 1.19. The molecule has 2 heteroatoms. The predicted molar refractivity (Wildman–Crippen MR) is 72.2 cm³/mol. The van der Waals surface area contributed by atoms with Crippen LogP contribution in [0, 0.1) is 5.92 Å². The number of allylic oxidation sites excluding steroid dienone is 2. The van der Waals surface area contributed by atoms with Gasteiger partial charge in [0.25, 0.3) is 0 Å². The minimum atomic E-state index is 0.345. The molecule has 1 aromatic carbocycles. The highest BCUT2D eigenvalue weighted by Gasteiger charge is 2.14. The summed E-state index contributed by atoms with van der Waals surface area (Å²) < 4.78 is 5.72. The van der Waals surface area contributed by atoms with Gasteiger partial charge >= 0.3 is 0 Å². The number of Topliss-reactive ketones (excluding diaryl/α,β-unsaturated/α-hetero) is 1. The van der Waals surface area contributed by atoms with Crippen molar-refractivity contribution in [1.29, 1.82) is 0 Å². The fourth-order valence-corrected chi connectivity index (χ4v) is 2.20. The van der Waals surface area contributed by atoms with Crippen LogP contribution >= 0.6 is 0 Å². The molecule has 1 atom stereocenters. The third-order valence-electron chi connectivity index (χ3n) is 3.21. The third-order valence-corrected chi connectivity index (χ3v) is 3.21. The fourth-order valence-electron chi connectivity index (χ4n) is 2.20. The van der Waals surface area contributed by atoms with Gasteiger partial charge in [-0.1, -0.05) is 42.5 Å². The Morgan fingerprint density at radius 2 is 2.00 bits per heavy atom. The molecule has 0 radical (unpaired) electrons. The van der Waals surface area contributed by atoms with Crippen molar-refractivity contribution in [2.75, 3.05) is 6.61 Å². The molecule has 0 N–H and O–H groups in total. The van der Waals surface area contributed by atoms with Crippen molar-refractivity contribution in [3.05, 3.63) is 48.0 Å². The Kier molecular flexibility index (Phi) is 5.15. The number of benzene rings is 1. The second-order valence-corrected chi connectivity index (χ2v) is 4.86. The Hall–Kier alpha value is -1.41. The van der Waals surface area contributed by atoms with Gasteiger partial charge in [0.2, 0.25) is 0 Å². The number of carbonyl (C=O) groups excluding carboxylic acids is 1. The van der Waals surface area contributed by atoms with Crippen LogP contribution in [-0.4, -0.2) is 12.4 Å². The van der Waals surface area contributed by atoms with Gasteiger partial charge in [-0.2, -0.15) is 0 Å². The molecule has 0 bridgehead atoms. The van der Waals surface area contributed by atoms with E-state index in [0.717, 1.165) is 12.8 Å². The van der Waals surface area contributed by atoms with Crippen molar-refractivity contribution in [3.63, 3.8) is 0 Å². The van der Waals surface area contributed by atoms with Gasteiger partial charge < -0.3 is 4.74 Å². The Morgan fingerprint density at radius 3 is 2.83 bits per heavy atom. The van der Waals surface area contributed by atoms with E-state index in [-0.39, 0.29) is 0 Å². The van der Waals surface area contributed by atoms with Gasteiger partial charge in [-0.25, -0.2) is 0 Å². The van der Waals surface area contributed by atoms with E-state index in [1.54, 1.807) is 0 Å². The first-order valence-corrected chi connectivity index (χ1v) is 6.63. The molecule has 0 saturated carbocycles. The van der Waals surface area contributed by atoms with Crippen LogP contribution in [0.25, 0.3) is 0 Å². The maximum Gasteiger partial charge on any atom is 0.133 e. The molecular weight excluding hydrogens is 224 g/mol. The summed E-state index contributed by atoms with van der Waals surface area (Å²) in [6.07, 6.45) is 7.51. The van der Waals surface area contributed by atoms with E-state index in [1.807, 2.05) is 18.2 Å². The summed E-state index contributed by atoms with van der Waals surface area (Å²) in [5, 5.41) is 0. The number of hydrogen-bond acceptors (Lipinski definition) is 2. The largest absolute Gasteiger partial charge is 0.376 e. The maximum absolute atomic E-state index is 11.6. The first kappa shape index (κ1) is 13.0. The summed E-state index contributed by atoms with van der Waals surface area (Å²) in [6.45, 7) is 1.31. The van der Waals surface area contributed by atoms with Gasteiger partial charge in [0.15, 0.2) is 0 Å². The smallest absolute Gasteiger partial charge is 0.133 e. The van der Waals surface area contributed by atoms with Gasteiger partial charge in [-0.05, 0) is 24.3 Å². The fraction of sp³-hybridized carbons (Fsp3) is 0.438. The van der Waals surface area contributed by atoms with E-state index in [0.29, 0.717) is 37.8 Å². The summed E-state index contributed by atoms with van der Waals surface area (Å²) in [6, 6.07) is 10.1. The highest BCUT2D eigenvalue weighted by atomic mass is 16.5. The van der Waals surface area contributed by atoms with Crippen molar-refractivity contribution in [2.24, 2.45) is 5.92 Å². The number of ether oxygens (including phenoxy) is 1. The topological polar surface area (TPSA) is 26.3 Å². The van der Waals surface area contributed by atoms with E-state index in [4.69, 9.17) is 4.74 Å². The van der Waals surface area contributed by atoms with Crippen molar-refractivity contribution in [2.45, 2.75) is 32.3 Å². The molecule has 0 amide bonds. The normalized spacial score (nSPS) is 22.2. The van der Waals surface area contributed by atoms with Gasteiger partial charge in [0.1, 0.15) is 5.78 Å². The average Bonchev–Trinajstić information content (AvgIpc) is 2.36. The van der Waals surface area contributed by atoms with Crippen molar-refractivity contribution < 1.29 is 9.53 Å². The van der Waals surface area contributed by atoms with Gasteiger partial charge in [0, 0.05) is 12.8 Å². The summed E-state index contributed by atoms with van der Waals surface area (Å²) in [5.74, 6) is 0.713. The molecule has 1 unspecified atom stereocenters. The van der Waals surface area contributed by atoms with Crippen LogP contribution in [0.4, 0.5) is 0 Å². The van der Waals surface area contributed by atoms with Crippen LogP contribution in [-0.2, 0) is 16.1 Å². The molecule has 1 aliphatic rings. The first-order chi connectivity index (χ1) is 8.84. The summed E-state index contributed by atoms with van der Waals surface area (Å²) in [7, 11) is 0. The SMILES string of the molecule is O=C1CC/C=C\CC(COCc2ccccc2)C1. The van der Waals surface area contributed by atoms with Crippen molar-refractivity contribution in [1.82, 2.24) is 0 Å². The molecule has 0 heterocycles. The third kappa shape index (κ3) is 4.46. The van der Waals surface area contributed by atoms with Crippen molar-refractivity contribution >= 4 is 5.78 Å². The predicted octanol–water partition coefficient (Wildman–Crippen LogP) is 3.52. The molecule has 2 rings (SSSR count). The van der Waals surface area contributed by atoms with Gasteiger partial charge in [-0.3, -0.25) is 4.79 Å². The lowest BCUT2D eigenvalue weighted by atomic mass is 9.95. The minimum Gasteiger partial charge on any atom is -0.376 e. The summed E-state index contributed by atoms with van der Waals surface area (Å²) in [4.78, 5) is 11.6. The lowest BCUT2D eigenvalue weighted by Gasteiger charge is -2.16. The monoisotopic (exact) mass is 244 g/mol. The van der Waals surface area contributed by atoms with E-state index >= 15 is 0 Å².